The van der Waals surface area contributed by atoms with Crippen LogP contribution in [0.1, 0.15) is 12.0 Å². The maximum Gasteiger partial charge on any atom is 0.344 e. The summed E-state index contributed by atoms with van der Waals surface area (Å²) in [5, 5.41) is 0.413. The fourth-order valence-electron chi connectivity index (χ4n) is 2.75. The molecule has 0 aromatic heterocycles. The number of aryl methyl sites for hydroxylation is 1. The number of carbonyl (C=O) groups excluding carboxylic acids is 2. The zero-order valence-electron chi connectivity index (χ0n) is 13.6. The van der Waals surface area contributed by atoms with Crippen molar-refractivity contribution in [2.75, 3.05) is 24.7 Å². The number of fused-ring (bicyclic) bond motifs is 1. The summed E-state index contributed by atoms with van der Waals surface area (Å²) in [6, 6.07) is 14.6. The van der Waals surface area contributed by atoms with E-state index in [-0.39, 0.29) is 19.1 Å². The number of esters is 1. The van der Waals surface area contributed by atoms with E-state index in [1.807, 2.05) is 24.3 Å². The Hall–Kier alpha value is -2.53. The van der Waals surface area contributed by atoms with E-state index >= 15 is 0 Å². The van der Waals surface area contributed by atoms with E-state index < -0.39 is 5.97 Å². The third-order valence-electron chi connectivity index (χ3n) is 3.95. The van der Waals surface area contributed by atoms with Crippen LogP contribution in [0.15, 0.2) is 48.5 Å². The van der Waals surface area contributed by atoms with Gasteiger partial charge in [0.1, 0.15) is 5.75 Å². The van der Waals surface area contributed by atoms with Crippen LogP contribution in [0.3, 0.4) is 0 Å². The van der Waals surface area contributed by atoms with Gasteiger partial charge in [-0.2, -0.15) is 0 Å². The molecule has 0 N–H and O–H groups in total. The van der Waals surface area contributed by atoms with Crippen molar-refractivity contribution in [2.45, 2.75) is 12.8 Å². The lowest BCUT2D eigenvalue weighted by Crippen LogP contribution is -2.38. The molecule has 0 spiro atoms. The summed E-state index contributed by atoms with van der Waals surface area (Å²) in [4.78, 5) is 25.8. The van der Waals surface area contributed by atoms with Crippen molar-refractivity contribution < 1.29 is 19.1 Å². The predicted molar refractivity (Wildman–Crippen MR) is 95.0 cm³/mol. The smallest absolute Gasteiger partial charge is 0.344 e. The van der Waals surface area contributed by atoms with Gasteiger partial charge in [-0.3, -0.25) is 4.79 Å². The summed E-state index contributed by atoms with van der Waals surface area (Å²) in [5.74, 6) is -0.450. The Morgan fingerprint density at radius 2 is 1.80 bits per heavy atom. The average Bonchev–Trinajstić information content (AvgIpc) is 2.65. The normalized spacial score (nSPS) is 13.1. The molecule has 1 heterocycles. The van der Waals surface area contributed by atoms with Crippen LogP contribution in [0.4, 0.5) is 5.69 Å². The molecule has 6 heteroatoms. The van der Waals surface area contributed by atoms with Crippen LogP contribution in [-0.4, -0.2) is 31.6 Å². The van der Waals surface area contributed by atoms with Gasteiger partial charge in [-0.25, -0.2) is 4.79 Å². The lowest BCUT2D eigenvalue weighted by molar-refractivity contribution is -0.149. The zero-order chi connectivity index (χ0) is 17.6. The van der Waals surface area contributed by atoms with Crippen LogP contribution >= 0.6 is 11.6 Å². The van der Waals surface area contributed by atoms with Crippen LogP contribution in [0, 0.1) is 0 Å². The van der Waals surface area contributed by atoms with Gasteiger partial charge in [-0.15, -0.1) is 0 Å². The first-order chi connectivity index (χ1) is 12.1. The molecule has 0 aliphatic carbocycles. The molecule has 130 valence electrons. The van der Waals surface area contributed by atoms with Crippen molar-refractivity contribution in [3.05, 3.63) is 59.1 Å². The largest absolute Gasteiger partial charge is 0.480 e. The van der Waals surface area contributed by atoms with E-state index in [1.165, 1.54) is 0 Å². The monoisotopic (exact) mass is 359 g/mol. The third-order valence-corrected chi connectivity index (χ3v) is 4.26. The first-order valence-electron chi connectivity index (χ1n) is 8.06. The highest BCUT2D eigenvalue weighted by atomic mass is 35.5. The number of anilines is 1. The van der Waals surface area contributed by atoms with Crippen molar-refractivity contribution >= 4 is 29.2 Å². The van der Waals surface area contributed by atoms with Gasteiger partial charge in [0.2, 0.25) is 0 Å². The summed E-state index contributed by atoms with van der Waals surface area (Å²) >= 11 is 5.95. The molecule has 0 atom stereocenters. The third kappa shape index (κ3) is 4.31. The topological polar surface area (TPSA) is 55.8 Å². The van der Waals surface area contributed by atoms with Gasteiger partial charge in [-0.05, 0) is 36.6 Å². The van der Waals surface area contributed by atoms with E-state index in [0.717, 1.165) is 24.1 Å². The number of carbonyl (C=O) groups is 2. The Labute approximate surface area is 151 Å². The fourth-order valence-corrected chi connectivity index (χ4v) is 2.94. The first kappa shape index (κ1) is 17.3. The first-order valence-corrected chi connectivity index (χ1v) is 8.44. The minimum Gasteiger partial charge on any atom is -0.480 e. The van der Waals surface area contributed by atoms with Crippen LogP contribution in [0.25, 0.3) is 0 Å². The molecule has 2 aromatic carbocycles. The molecule has 2 aromatic rings. The minimum absolute atomic E-state index is 0.238. The number of para-hydroxylation sites is 2. The van der Waals surface area contributed by atoms with E-state index in [9.17, 15) is 9.59 Å². The second kappa shape index (κ2) is 8.03. The summed E-state index contributed by atoms with van der Waals surface area (Å²) in [5.41, 5.74) is 2.03. The second-order valence-electron chi connectivity index (χ2n) is 5.66. The molecule has 3 rings (SSSR count). The number of rotatable bonds is 5. The zero-order valence-corrected chi connectivity index (χ0v) is 14.4. The lowest BCUT2D eigenvalue weighted by Gasteiger charge is -2.29. The number of nitrogens with zero attached hydrogens (tertiary/aromatic N) is 1. The second-order valence-corrected chi connectivity index (χ2v) is 6.06. The van der Waals surface area contributed by atoms with Gasteiger partial charge in [0.15, 0.2) is 13.2 Å². The fraction of sp³-hybridized carbons (Fsp3) is 0.263. The van der Waals surface area contributed by atoms with Crippen LogP contribution in [0.5, 0.6) is 5.75 Å². The molecule has 0 saturated carbocycles. The molecular weight excluding hydrogens is 342 g/mol. The molecule has 1 aliphatic heterocycles. The highest BCUT2D eigenvalue weighted by molar-refractivity contribution is 6.32. The van der Waals surface area contributed by atoms with Crippen molar-refractivity contribution in [3.63, 3.8) is 0 Å². The number of benzene rings is 2. The Morgan fingerprint density at radius 1 is 1.04 bits per heavy atom. The van der Waals surface area contributed by atoms with E-state index in [2.05, 4.69) is 0 Å². The highest BCUT2D eigenvalue weighted by Gasteiger charge is 2.23. The van der Waals surface area contributed by atoms with Gasteiger partial charge in [0.25, 0.3) is 5.91 Å². The maximum absolute atomic E-state index is 12.4. The Morgan fingerprint density at radius 3 is 2.64 bits per heavy atom. The van der Waals surface area contributed by atoms with Crippen molar-refractivity contribution in [1.29, 1.82) is 0 Å². The van der Waals surface area contributed by atoms with Crippen LogP contribution in [-0.2, 0) is 20.7 Å². The Bertz CT molecular complexity index is 778. The van der Waals surface area contributed by atoms with Crippen LogP contribution in [0.2, 0.25) is 5.02 Å². The van der Waals surface area contributed by atoms with Crippen LogP contribution < -0.4 is 9.64 Å². The van der Waals surface area contributed by atoms with Crippen molar-refractivity contribution in [3.8, 4) is 5.75 Å². The van der Waals surface area contributed by atoms with Crippen molar-refractivity contribution in [1.82, 2.24) is 0 Å². The molecule has 5 nitrogen and oxygen atoms in total. The molecule has 1 amide bonds. The summed E-state index contributed by atoms with van der Waals surface area (Å²) < 4.78 is 10.3. The number of hydrogen-bond acceptors (Lipinski definition) is 4. The lowest BCUT2D eigenvalue weighted by atomic mass is 10.0. The molecule has 0 radical (unpaired) electrons. The van der Waals surface area contributed by atoms with E-state index in [4.69, 9.17) is 21.1 Å². The molecule has 1 aliphatic rings. The summed E-state index contributed by atoms with van der Waals surface area (Å²) in [7, 11) is 0. The average molecular weight is 360 g/mol. The molecule has 25 heavy (non-hydrogen) atoms. The van der Waals surface area contributed by atoms with E-state index in [1.54, 1.807) is 29.2 Å². The molecule has 0 saturated heterocycles. The number of halogens is 1. The molecule has 0 fully saturated rings. The van der Waals surface area contributed by atoms with Gasteiger partial charge < -0.3 is 14.4 Å². The summed E-state index contributed by atoms with van der Waals surface area (Å²) in [6.45, 7) is 0.0240. The summed E-state index contributed by atoms with van der Waals surface area (Å²) in [6.07, 6.45) is 1.84. The molecule has 0 bridgehead atoms. The number of amides is 1. The highest BCUT2D eigenvalue weighted by Crippen LogP contribution is 2.26. The maximum atomic E-state index is 12.4. The standard InChI is InChI=1S/C19H18ClNO4/c20-15-8-2-4-10-17(15)24-13-19(23)25-12-18(22)21-11-5-7-14-6-1-3-9-16(14)21/h1-4,6,8-10H,5,7,11-13H2. The predicted octanol–water partition coefficient (Wildman–Crippen LogP) is 3.24. The van der Waals surface area contributed by atoms with E-state index in [0.29, 0.717) is 17.3 Å². The quantitative estimate of drug-likeness (QED) is 0.769. The molecule has 0 unspecified atom stereocenters. The SMILES string of the molecule is O=C(COc1ccccc1Cl)OCC(=O)N1CCCc2ccccc21. The minimum atomic E-state index is -0.612. The van der Waals surface area contributed by atoms with Gasteiger partial charge in [0, 0.05) is 12.2 Å². The molecular formula is C19H18ClNO4. The van der Waals surface area contributed by atoms with Gasteiger partial charge in [-0.1, -0.05) is 41.9 Å². The number of hydrogen-bond donors (Lipinski definition) is 0. The number of ether oxygens (including phenoxy) is 2. The Kier molecular flexibility index (Phi) is 5.56. The van der Waals surface area contributed by atoms with Gasteiger partial charge >= 0.3 is 5.97 Å². The Balaban J connectivity index is 1.51. The van der Waals surface area contributed by atoms with Crippen molar-refractivity contribution in [2.24, 2.45) is 0 Å². The van der Waals surface area contributed by atoms with Gasteiger partial charge in [0.05, 0.1) is 5.02 Å².